The van der Waals surface area contributed by atoms with Gasteiger partial charge >= 0.3 is 5.97 Å². The molecule has 106 valence electrons. The standard InChI is InChI=1S/C14H13Cl2NO3/c1-20-13(19)4-5-14(9-17,6-7-18)10-2-3-11(15)12(16)8-10/h2-3,7-8H,4-6H2,1H3. The average Bonchev–Trinajstić information content (AvgIpc) is 2.46. The Labute approximate surface area is 127 Å². The minimum atomic E-state index is -1.11. The van der Waals surface area contributed by atoms with Crippen molar-refractivity contribution in [2.75, 3.05) is 7.11 Å². The molecule has 0 radical (unpaired) electrons. The third-order valence-electron chi connectivity index (χ3n) is 3.10. The van der Waals surface area contributed by atoms with Crippen LogP contribution in [0.2, 0.25) is 10.0 Å². The van der Waals surface area contributed by atoms with Gasteiger partial charge in [-0.1, -0.05) is 29.3 Å². The summed E-state index contributed by atoms with van der Waals surface area (Å²) in [6.07, 6.45) is 0.840. The van der Waals surface area contributed by atoms with E-state index in [0.717, 1.165) is 0 Å². The molecule has 6 heteroatoms. The first kappa shape index (κ1) is 16.5. The average molecular weight is 314 g/mol. The Balaban J connectivity index is 3.15. The number of esters is 1. The Morgan fingerprint density at radius 2 is 2.15 bits per heavy atom. The van der Waals surface area contributed by atoms with Gasteiger partial charge in [-0.05, 0) is 24.1 Å². The first-order chi connectivity index (χ1) is 9.49. The summed E-state index contributed by atoms with van der Waals surface area (Å²) in [6, 6.07) is 6.87. The lowest BCUT2D eigenvalue weighted by atomic mass is 9.75. The molecule has 0 saturated carbocycles. The minimum Gasteiger partial charge on any atom is -0.469 e. The number of rotatable bonds is 6. The molecule has 1 atom stereocenters. The summed E-state index contributed by atoms with van der Waals surface area (Å²) in [5, 5.41) is 10.1. The number of hydrogen-bond donors (Lipinski definition) is 0. The molecule has 0 fully saturated rings. The van der Waals surface area contributed by atoms with Gasteiger partial charge in [0.05, 0.1) is 28.6 Å². The number of ether oxygens (including phenoxy) is 1. The number of carbonyl (C=O) groups excluding carboxylic acids is 2. The van der Waals surface area contributed by atoms with Crippen molar-refractivity contribution in [2.45, 2.75) is 24.7 Å². The van der Waals surface area contributed by atoms with E-state index in [1.807, 2.05) is 0 Å². The van der Waals surface area contributed by atoms with E-state index in [9.17, 15) is 14.9 Å². The molecule has 0 aliphatic rings. The van der Waals surface area contributed by atoms with E-state index < -0.39 is 11.4 Å². The van der Waals surface area contributed by atoms with E-state index in [4.69, 9.17) is 23.2 Å². The van der Waals surface area contributed by atoms with Gasteiger partial charge in [-0.2, -0.15) is 5.26 Å². The van der Waals surface area contributed by atoms with Crippen LogP contribution in [0, 0.1) is 11.3 Å². The van der Waals surface area contributed by atoms with Crippen LogP contribution < -0.4 is 0 Å². The molecule has 0 amide bonds. The third kappa shape index (κ3) is 3.72. The highest BCUT2D eigenvalue weighted by Crippen LogP contribution is 2.35. The van der Waals surface area contributed by atoms with Crippen molar-refractivity contribution < 1.29 is 14.3 Å². The predicted molar refractivity (Wildman–Crippen MR) is 75.7 cm³/mol. The maximum atomic E-state index is 11.3. The molecular weight excluding hydrogens is 301 g/mol. The van der Waals surface area contributed by atoms with E-state index >= 15 is 0 Å². The minimum absolute atomic E-state index is 0.0293. The topological polar surface area (TPSA) is 67.2 Å². The maximum absolute atomic E-state index is 11.3. The number of halogens is 2. The Bertz CT molecular complexity index is 554. The van der Waals surface area contributed by atoms with E-state index in [2.05, 4.69) is 10.8 Å². The van der Waals surface area contributed by atoms with Gasteiger partial charge in [0.15, 0.2) is 0 Å². The van der Waals surface area contributed by atoms with Gasteiger partial charge in [-0.15, -0.1) is 0 Å². The van der Waals surface area contributed by atoms with Gasteiger partial charge in [0.25, 0.3) is 0 Å². The van der Waals surface area contributed by atoms with Crippen LogP contribution in [-0.2, 0) is 19.7 Å². The molecule has 0 saturated heterocycles. The second kappa shape index (κ2) is 7.28. The van der Waals surface area contributed by atoms with Crippen molar-refractivity contribution in [3.05, 3.63) is 33.8 Å². The van der Waals surface area contributed by atoms with Crippen molar-refractivity contribution in [2.24, 2.45) is 0 Å². The van der Waals surface area contributed by atoms with Gasteiger partial charge in [0, 0.05) is 12.8 Å². The summed E-state index contributed by atoms with van der Waals surface area (Å²) in [5.41, 5.74) is -0.546. The van der Waals surface area contributed by atoms with E-state index in [-0.39, 0.29) is 19.3 Å². The zero-order valence-corrected chi connectivity index (χ0v) is 12.4. The van der Waals surface area contributed by atoms with Crippen molar-refractivity contribution in [1.82, 2.24) is 0 Å². The van der Waals surface area contributed by atoms with Crippen molar-refractivity contribution in [1.29, 1.82) is 5.26 Å². The number of carbonyl (C=O) groups is 2. The van der Waals surface area contributed by atoms with Crippen molar-refractivity contribution >= 4 is 35.5 Å². The van der Waals surface area contributed by atoms with Crippen LogP contribution in [0.25, 0.3) is 0 Å². The van der Waals surface area contributed by atoms with Gasteiger partial charge < -0.3 is 9.53 Å². The van der Waals surface area contributed by atoms with Crippen molar-refractivity contribution in [3.8, 4) is 6.07 Å². The molecule has 0 bridgehead atoms. The normalized spacial score (nSPS) is 13.1. The molecule has 1 unspecified atom stereocenters. The molecule has 0 N–H and O–H groups in total. The largest absolute Gasteiger partial charge is 0.469 e. The fourth-order valence-electron chi connectivity index (χ4n) is 1.88. The predicted octanol–water partition coefficient (Wildman–Crippen LogP) is 3.30. The Hall–Kier alpha value is -1.57. The quantitative estimate of drug-likeness (QED) is 0.597. The van der Waals surface area contributed by atoms with E-state index in [1.54, 1.807) is 18.2 Å². The van der Waals surface area contributed by atoms with Crippen LogP contribution in [0.4, 0.5) is 0 Å². The molecule has 1 aromatic carbocycles. The Morgan fingerprint density at radius 3 is 2.65 bits per heavy atom. The summed E-state index contributed by atoms with van der Waals surface area (Å²) >= 11 is 11.8. The molecule has 0 aliphatic heterocycles. The molecule has 20 heavy (non-hydrogen) atoms. The van der Waals surface area contributed by atoms with Gasteiger partial charge in [-0.25, -0.2) is 0 Å². The second-order valence-corrected chi connectivity index (χ2v) is 5.08. The number of nitrogens with zero attached hydrogens (tertiary/aromatic N) is 1. The summed E-state index contributed by atoms with van der Waals surface area (Å²) in [4.78, 5) is 22.2. The molecule has 0 heterocycles. The highest BCUT2D eigenvalue weighted by Gasteiger charge is 2.33. The SMILES string of the molecule is COC(=O)CCC(C#N)(CC=O)c1ccc(Cl)c(Cl)c1. The number of hydrogen-bond acceptors (Lipinski definition) is 4. The summed E-state index contributed by atoms with van der Waals surface area (Å²) in [7, 11) is 1.27. The van der Waals surface area contributed by atoms with Gasteiger partial charge in [0.1, 0.15) is 6.29 Å². The molecular formula is C14H13Cl2NO3. The van der Waals surface area contributed by atoms with Crippen LogP contribution in [0.3, 0.4) is 0 Å². The lowest BCUT2D eigenvalue weighted by Gasteiger charge is -2.25. The van der Waals surface area contributed by atoms with E-state index in [0.29, 0.717) is 21.9 Å². The smallest absolute Gasteiger partial charge is 0.305 e. The number of nitriles is 1. The van der Waals surface area contributed by atoms with Crippen molar-refractivity contribution in [3.63, 3.8) is 0 Å². The fourth-order valence-corrected chi connectivity index (χ4v) is 2.18. The summed E-state index contributed by atoms with van der Waals surface area (Å²) < 4.78 is 4.56. The van der Waals surface area contributed by atoms with Crippen LogP contribution in [0.5, 0.6) is 0 Å². The summed E-state index contributed by atoms with van der Waals surface area (Å²) in [6.45, 7) is 0. The Kier molecular flexibility index (Phi) is 6.00. The molecule has 4 nitrogen and oxygen atoms in total. The lowest BCUT2D eigenvalue weighted by Crippen LogP contribution is -2.26. The van der Waals surface area contributed by atoms with Crippen LogP contribution in [0.1, 0.15) is 24.8 Å². The number of methoxy groups -OCH3 is 1. The Morgan fingerprint density at radius 1 is 1.45 bits per heavy atom. The molecule has 0 spiro atoms. The highest BCUT2D eigenvalue weighted by atomic mass is 35.5. The zero-order chi connectivity index (χ0) is 15.2. The first-order valence-electron chi connectivity index (χ1n) is 5.86. The monoisotopic (exact) mass is 313 g/mol. The lowest BCUT2D eigenvalue weighted by molar-refractivity contribution is -0.141. The zero-order valence-electron chi connectivity index (χ0n) is 10.9. The van der Waals surface area contributed by atoms with Gasteiger partial charge in [0.2, 0.25) is 0 Å². The fraction of sp³-hybridized carbons (Fsp3) is 0.357. The molecule has 0 aliphatic carbocycles. The van der Waals surface area contributed by atoms with Crippen LogP contribution in [-0.4, -0.2) is 19.4 Å². The summed E-state index contributed by atoms with van der Waals surface area (Å²) in [5.74, 6) is -0.435. The number of aldehydes is 1. The molecule has 1 rings (SSSR count). The maximum Gasteiger partial charge on any atom is 0.305 e. The first-order valence-corrected chi connectivity index (χ1v) is 6.62. The third-order valence-corrected chi connectivity index (χ3v) is 3.84. The molecule has 1 aromatic rings. The van der Waals surface area contributed by atoms with E-state index in [1.165, 1.54) is 7.11 Å². The highest BCUT2D eigenvalue weighted by molar-refractivity contribution is 6.42. The van der Waals surface area contributed by atoms with Gasteiger partial charge in [-0.3, -0.25) is 4.79 Å². The number of benzene rings is 1. The second-order valence-electron chi connectivity index (χ2n) is 4.27. The van der Waals surface area contributed by atoms with Crippen LogP contribution >= 0.6 is 23.2 Å². The molecule has 0 aromatic heterocycles. The van der Waals surface area contributed by atoms with Crippen LogP contribution in [0.15, 0.2) is 18.2 Å².